The predicted molar refractivity (Wildman–Crippen MR) is 105 cm³/mol. The van der Waals surface area contributed by atoms with Gasteiger partial charge in [0.2, 0.25) is 0 Å². The highest BCUT2D eigenvalue weighted by atomic mass is 32.1. The number of aromatic amines is 1. The van der Waals surface area contributed by atoms with Gasteiger partial charge in [-0.1, -0.05) is 30.3 Å². The van der Waals surface area contributed by atoms with Crippen LogP contribution in [0.3, 0.4) is 0 Å². The first-order valence-corrected chi connectivity index (χ1v) is 9.04. The molecule has 0 aliphatic heterocycles. The Kier molecular flexibility index (Phi) is 3.97. The molecule has 5 nitrogen and oxygen atoms in total. The van der Waals surface area contributed by atoms with Crippen LogP contribution in [0.4, 0.5) is 4.79 Å². The van der Waals surface area contributed by atoms with Crippen LogP contribution in [0.2, 0.25) is 0 Å². The first-order valence-electron chi connectivity index (χ1n) is 8.16. The SMILES string of the molecule is CC(NC(=O)O)c1ccc(-c2ccc3[nH]c(=O)c4sccc4c3c2)cc1. The van der Waals surface area contributed by atoms with Crippen LogP contribution in [0.25, 0.3) is 32.1 Å². The third-order valence-electron chi connectivity index (χ3n) is 4.51. The van der Waals surface area contributed by atoms with E-state index < -0.39 is 6.09 Å². The lowest BCUT2D eigenvalue weighted by Gasteiger charge is -2.12. The third-order valence-corrected chi connectivity index (χ3v) is 5.43. The molecule has 0 radical (unpaired) electrons. The Morgan fingerprint density at radius 3 is 2.54 bits per heavy atom. The molecule has 1 unspecified atom stereocenters. The van der Waals surface area contributed by atoms with Crippen LogP contribution in [-0.2, 0) is 0 Å². The summed E-state index contributed by atoms with van der Waals surface area (Å²) >= 11 is 1.44. The minimum absolute atomic E-state index is 0.0560. The van der Waals surface area contributed by atoms with Gasteiger partial charge in [0.1, 0.15) is 4.70 Å². The van der Waals surface area contributed by atoms with Gasteiger partial charge in [0.05, 0.1) is 6.04 Å². The molecule has 130 valence electrons. The number of hydrogen-bond donors (Lipinski definition) is 3. The molecule has 3 N–H and O–H groups in total. The first kappa shape index (κ1) is 16.4. The van der Waals surface area contributed by atoms with Crippen molar-refractivity contribution in [1.29, 1.82) is 0 Å². The molecular formula is C20H16N2O3S. The zero-order valence-corrected chi connectivity index (χ0v) is 14.8. The molecule has 4 rings (SSSR count). The van der Waals surface area contributed by atoms with Gasteiger partial charge in [0.15, 0.2) is 0 Å². The molecule has 1 amide bonds. The maximum absolute atomic E-state index is 12.1. The highest BCUT2D eigenvalue weighted by molar-refractivity contribution is 7.17. The molecular weight excluding hydrogens is 348 g/mol. The van der Waals surface area contributed by atoms with E-state index in [9.17, 15) is 9.59 Å². The van der Waals surface area contributed by atoms with Crippen LogP contribution >= 0.6 is 11.3 Å². The third kappa shape index (κ3) is 2.84. The van der Waals surface area contributed by atoms with Gasteiger partial charge in [0.25, 0.3) is 5.56 Å². The summed E-state index contributed by atoms with van der Waals surface area (Å²) in [4.78, 5) is 25.8. The van der Waals surface area contributed by atoms with Crippen molar-refractivity contribution in [3.05, 3.63) is 69.8 Å². The van der Waals surface area contributed by atoms with Gasteiger partial charge in [-0.2, -0.15) is 0 Å². The van der Waals surface area contributed by atoms with E-state index in [4.69, 9.17) is 5.11 Å². The van der Waals surface area contributed by atoms with Crippen molar-refractivity contribution in [2.75, 3.05) is 0 Å². The van der Waals surface area contributed by atoms with E-state index in [-0.39, 0.29) is 11.6 Å². The molecule has 0 aliphatic carbocycles. The fourth-order valence-electron chi connectivity index (χ4n) is 3.16. The predicted octanol–water partition coefficient (Wildman–Crippen LogP) is 4.74. The van der Waals surface area contributed by atoms with Gasteiger partial charge in [-0.3, -0.25) is 4.79 Å². The second kappa shape index (κ2) is 6.31. The number of carbonyl (C=O) groups is 1. The van der Waals surface area contributed by atoms with E-state index >= 15 is 0 Å². The maximum atomic E-state index is 12.1. The Morgan fingerprint density at radius 2 is 1.81 bits per heavy atom. The zero-order chi connectivity index (χ0) is 18.3. The summed E-state index contributed by atoms with van der Waals surface area (Å²) in [5.74, 6) is 0. The molecule has 2 aromatic carbocycles. The van der Waals surface area contributed by atoms with Crippen LogP contribution in [-0.4, -0.2) is 16.2 Å². The number of fused-ring (bicyclic) bond motifs is 3. The summed E-state index contributed by atoms with van der Waals surface area (Å²) in [5.41, 5.74) is 3.75. The monoisotopic (exact) mass is 364 g/mol. The Labute approximate surface area is 152 Å². The van der Waals surface area contributed by atoms with Gasteiger partial charge < -0.3 is 15.4 Å². The van der Waals surface area contributed by atoms with Crippen LogP contribution in [0.1, 0.15) is 18.5 Å². The molecule has 26 heavy (non-hydrogen) atoms. The number of hydrogen-bond acceptors (Lipinski definition) is 3. The fourth-order valence-corrected chi connectivity index (χ4v) is 3.97. The number of carboxylic acid groups (broad SMARTS) is 1. The number of nitrogens with one attached hydrogen (secondary N) is 2. The van der Waals surface area contributed by atoms with Gasteiger partial charge >= 0.3 is 6.09 Å². The Hall–Kier alpha value is -3.12. The average molecular weight is 364 g/mol. The summed E-state index contributed by atoms with van der Waals surface area (Å²) in [6.45, 7) is 1.81. The molecule has 1 atom stereocenters. The van der Waals surface area contributed by atoms with Crippen molar-refractivity contribution >= 4 is 38.4 Å². The first-order chi connectivity index (χ1) is 12.5. The molecule has 0 fully saturated rings. The lowest BCUT2D eigenvalue weighted by molar-refractivity contribution is 0.191. The highest BCUT2D eigenvalue weighted by Crippen LogP contribution is 2.30. The second-order valence-corrected chi connectivity index (χ2v) is 7.09. The standard InChI is InChI=1S/C20H16N2O3S/c1-11(21-20(24)25)12-2-4-13(5-3-12)14-6-7-17-16(10-14)15-8-9-26-18(15)19(23)22-17/h2-11,21H,1H3,(H,22,23)(H,24,25). The largest absolute Gasteiger partial charge is 0.465 e. The minimum Gasteiger partial charge on any atom is -0.465 e. The average Bonchev–Trinajstić information content (AvgIpc) is 3.12. The molecule has 0 bridgehead atoms. The second-order valence-electron chi connectivity index (χ2n) is 6.17. The summed E-state index contributed by atoms with van der Waals surface area (Å²) in [6.07, 6.45) is -1.04. The van der Waals surface area contributed by atoms with Crippen LogP contribution in [0, 0.1) is 0 Å². The number of benzene rings is 2. The van der Waals surface area contributed by atoms with Crippen molar-refractivity contribution in [3.63, 3.8) is 0 Å². The number of pyridine rings is 1. The minimum atomic E-state index is -1.04. The number of H-pyrrole nitrogens is 1. The van der Waals surface area contributed by atoms with Gasteiger partial charge in [-0.15, -0.1) is 11.3 Å². The lowest BCUT2D eigenvalue weighted by Crippen LogP contribution is -2.24. The fraction of sp³-hybridized carbons (Fsp3) is 0.100. The van der Waals surface area contributed by atoms with Crippen molar-refractivity contribution in [1.82, 2.24) is 10.3 Å². The van der Waals surface area contributed by atoms with E-state index in [0.29, 0.717) is 0 Å². The normalized spacial score (nSPS) is 12.3. The lowest BCUT2D eigenvalue weighted by atomic mass is 9.99. The Bertz CT molecular complexity index is 1180. The zero-order valence-electron chi connectivity index (χ0n) is 13.9. The van der Waals surface area contributed by atoms with E-state index in [2.05, 4.69) is 16.4 Å². The molecule has 0 aliphatic rings. The molecule has 6 heteroatoms. The molecule has 4 aromatic rings. The van der Waals surface area contributed by atoms with Crippen molar-refractivity contribution in [2.45, 2.75) is 13.0 Å². The van der Waals surface area contributed by atoms with Gasteiger partial charge in [-0.25, -0.2) is 4.79 Å². The Morgan fingerprint density at radius 1 is 1.08 bits per heavy atom. The summed E-state index contributed by atoms with van der Waals surface area (Å²) in [5, 5.41) is 15.2. The quantitative estimate of drug-likeness (QED) is 0.491. The summed E-state index contributed by atoms with van der Waals surface area (Å²) in [6, 6.07) is 15.5. The molecule has 0 spiro atoms. The van der Waals surface area contributed by atoms with Crippen LogP contribution in [0.15, 0.2) is 58.7 Å². The number of thiophene rings is 1. The smallest absolute Gasteiger partial charge is 0.405 e. The van der Waals surface area contributed by atoms with E-state index in [1.807, 2.05) is 54.8 Å². The summed E-state index contributed by atoms with van der Waals surface area (Å²) < 4.78 is 0.735. The van der Waals surface area contributed by atoms with Crippen molar-refractivity contribution in [2.24, 2.45) is 0 Å². The number of aromatic nitrogens is 1. The maximum Gasteiger partial charge on any atom is 0.405 e. The van der Waals surface area contributed by atoms with Crippen LogP contribution < -0.4 is 10.9 Å². The van der Waals surface area contributed by atoms with E-state index in [1.54, 1.807) is 0 Å². The van der Waals surface area contributed by atoms with Gasteiger partial charge in [-0.05, 0) is 47.2 Å². The topological polar surface area (TPSA) is 82.2 Å². The summed E-state index contributed by atoms with van der Waals surface area (Å²) in [7, 11) is 0. The molecule has 0 saturated carbocycles. The van der Waals surface area contributed by atoms with E-state index in [0.717, 1.165) is 37.7 Å². The number of amides is 1. The number of rotatable bonds is 3. The van der Waals surface area contributed by atoms with Gasteiger partial charge in [0, 0.05) is 16.3 Å². The van der Waals surface area contributed by atoms with Crippen LogP contribution in [0.5, 0.6) is 0 Å². The van der Waals surface area contributed by atoms with Crippen molar-refractivity contribution in [3.8, 4) is 11.1 Å². The van der Waals surface area contributed by atoms with Crippen molar-refractivity contribution < 1.29 is 9.90 Å². The molecule has 2 aromatic heterocycles. The molecule has 0 saturated heterocycles. The Balaban J connectivity index is 1.76. The molecule has 2 heterocycles. The van der Waals surface area contributed by atoms with E-state index in [1.165, 1.54) is 11.3 Å². The highest BCUT2D eigenvalue weighted by Gasteiger charge is 2.10.